The molecule has 0 atom stereocenters. The summed E-state index contributed by atoms with van der Waals surface area (Å²) in [6.45, 7) is 5.78. The SMILES string of the molecule is CCC(=O)Nn1c(CC(C)C)nc2cc(OC)c(OC)cc2c1=O. The van der Waals surface area contributed by atoms with Crippen LogP contribution in [-0.2, 0) is 11.2 Å². The van der Waals surface area contributed by atoms with Gasteiger partial charge in [0.25, 0.3) is 5.56 Å². The zero-order valence-corrected chi connectivity index (χ0v) is 14.7. The number of carbonyl (C=O) groups excluding carboxylic acids is 1. The summed E-state index contributed by atoms with van der Waals surface area (Å²) in [7, 11) is 3.03. The largest absolute Gasteiger partial charge is 0.493 e. The summed E-state index contributed by atoms with van der Waals surface area (Å²) in [6, 6.07) is 3.25. The van der Waals surface area contributed by atoms with Crippen LogP contribution in [0.25, 0.3) is 10.9 Å². The van der Waals surface area contributed by atoms with E-state index in [0.29, 0.717) is 34.6 Å². The van der Waals surface area contributed by atoms with E-state index < -0.39 is 0 Å². The van der Waals surface area contributed by atoms with E-state index in [2.05, 4.69) is 10.4 Å². The highest BCUT2D eigenvalue weighted by Crippen LogP contribution is 2.30. The fourth-order valence-corrected chi connectivity index (χ4v) is 2.38. The average molecular weight is 333 g/mol. The minimum absolute atomic E-state index is 0.247. The fourth-order valence-electron chi connectivity index (χ4n) is 2.38. The molecular formula is C17H23N3O4. The van der Waals surface area contributed by atoms with E-state index in [9.17, 15) is 9.59 Å². The van der Waals surface area contributed by atoms with E-state index in [0.717, 1.165) is 0 Å². The molecule has 0 saturated heterocycles. The van der Waals surface area contributed by atoms with Crippen molar-refractivity contribution >= 4 is 16.8 Å². The standard InChI is InChI=1S/C17H23N3O4/c1-6-16(21)19-20-15(7-10(2)3)18-12-9-14(24-5)13(23-4)8-11(12)17(20)22/h8-10H,6-7H2,1-5H3,(H,19,21). The lowest BCUT2D eigenvalue weighted by atomic mass is 10.1. The minimum Gasteiger partial charge on any atom is -0.493 e. The van der Waals surface area contributed by atoms with E-state index >= 15 is 0 Å². The fraction of sp³-hybridized carbons (Fsp3) is 0.471. The number of carbonyl (C=O) groups is 1. The third-order valence-electron chi connectivity index (χ3n) is 3.59. The lowest BCUT2D eigenvalue weighted by molar-refractivity contribution is -0.116. The van der Waals surface area contributed by atoms with Crippen molar-refractivity contribution in [3.63, 3.8) is 0 Å². The maximum absolute atomic E-state index is 12.9. The van der Waals surface area contributed by atoms with Gasteiger partial charge in [-0.2, -0.15) is 0 Å². The maximum Gasteiger partial charge on any atom is 0.280 e. The van der Waals surface area contributed by atoms with Crippen LogP contribution in [0.2, 0.25) is 0 Å². The summed E-state index contributed by atoms with van der Waals surface area (Å²) in [4.78, 5) is 29.2. The average Bonchev–Trinajstić information content (AvgIpc) is 2.56. The summed E-state index contributed by atoms with van der Waals surface area (Å²) in [5.74, 6) is 1.48. The zero-order chi connectivity index (χ0) is 17.9. The first-order chi connectivity index (χ1) is 11.4. The number of hydrogen-bond acceptors (Lipinski definition) is 5. The molecule has 1 N–H and O–H groups in total. The van der Waals surface area contributed by atoms with Gasteiger partial charge in [-0.3, -0.25) is 15.0 Å². The van der Waals surface area contributed by atoms with Gasteiger partial charge in [0, 0.05) is 18.9 Å². The van der Waals surface area contributed by atoms with Crippen molar-refractivity contribution in [2.45, 2.75) is 33.6 Å². The summed E-state index contributed by atoms with van der Waals surface area (Å²) in [5, 5.41) is 0.358. The smallest absolute Gasteiger partial charge is 0.280 e. The maximum atomic E-state index is 12.9. The molecule has 1 amide bonds. The van der Waals surface area contributed by atoms with E-state index in [1.54, 1.807) is 19.1 Å². The molecule has 130 valence electrons. The van der Waals surface area contributed by atoms with Crippen molar-refractivity contribution in [1.29, 1.82) is 0 Å². The molecule has 1 aromatic heterocycles. The monoisotopic (exact) mass is 333 g/mol. The Labute approximate surface area is 140 Å². The quantitative estimate of drug-likeness (QED) is 0.875. The first-order valence-electron chi connectivity index (χ1n) is 7.88. The molecule has 0 aliphatic rings. The molecule has 7 heteroatoms. The summed E-state index contributed by atoms with van der Waals surface area (Å²) in [5.41, 5.74) is 2.80. The molecule has 1 aromatic carbocycles. The molecule has 0 aliphatic carbocycles. The van der Waals surface area contributed by atoms with Crippen molar-refractivity contribution < 1.29 is 14.3 Å². The van der Waals surface area contributed by atoms with Gasteiger partial charge in [0.1, 0.15) is 5.82 Å². The summed E-state index contributed by atoms with van der Waals surface area (Å²) >= 11 is 0. The van der Waals surface area contributed by atoms with Crippen LogP contribution in [0, 0.1) is 5.92 Å². The van der Waals surface area contributed by atoms with E-state index in [4.69, 9.17) is 9.47 Å². The Kier molecular flexibility index (Phi) is 5.43. The molecule has 0 fully saturated rings. The Morgan fingerprint density at radius 2 is 1.88 bits per heavy atom. The second-order valence-electron chi connectivity index (χ2n) is 5.88. The van der Waals surface area contributed by atoms with Crippen LogP contribution in [0.4, 0.5) is 0 Å². The first kappa shape index (κ1) is 17.8. The van der Waals surface area contributed by atoms with Crippen LogP contribution in [0.1, 0.15) is 33.0 Å². The molecular weight excluding hydrogens is 310 g/mol. The molecule has 0 aliphatic heterocycles. The van der Waals surface area contributed by atoms with E-state index in [1.165, 1.54) is 18.9 Å². The van der Waals surface area contributed by atoms with Crippen LogP contribution in [0.5, 0.6) is 11.5 Å². The van der Waals surface area contributed by atoms with Crippen LogP contribution in [0.15, 0.2) is 16.9 Å². The normalized spacial score (nSPS) is 10.9. The van der Waals surface area contributed by atoms with Crippen LogP contribution >= 0.6 is 0 Å². The topological polar surface area (TPSA) is 82.5 Å². The number of benzene rings is 1. The summed E-state index contributed by atoms with van der Waals surface area (Å²) < 4.78 is 11.8. The second kappa shape index (κ2) is 7.33. The Balaban J connectivity index is 2.74. The molecule has 0 radical (unpaired) electrons. The highest BCUT2D eigenvalue weighted by molar-refractivity contribution is 5.85. The Bertz CT molecular complexity index is 812. The van der Waals surface area contributed by atoms with Gasteiger partial charge in [0.2, 0.25) is 5.91 Å². The van der Waals surface area contributed by atoms with Gasteiger partial charge in [-0.15, -0.1) is 0 Å². The van der Waals surface area contributed by atoms with Gasteiger partial charge in [0.15, 0.2) is 11.5 Å². The van der Waals surface area contributed by atoms with E-state index in [-0.39, 0.29) is 23.8 Å². The van der Waals surface area contributed by atoms with Gasteiger partial charge in [-0.05, 0) is 12.0 Å². The highest BCUT2D eigenvalue weighted by atomic mass is 16.5. The Morgan fingerprint density at radius 3 is 2.42 bits per heavy atom. The predicted molar refractivity (Wildman–Crippen MR) is 92.3 cm³/mol. The lowest BCUT2D eigenvalue weighted by Crippen LogP contribution is -2.36. The van der Waals surface area contributed by atoms with Gasteiger partial charge in [0.05, 0.1) is 25.1 Å². The van der Waals surface area contributed by atoms with Gasteiger partial charge in [-0.25, -0.2) is 9.66 Å². The first-order valence-corrected chi connectivity index (χ1v) is 7.88. The molecule has 0 saturated carbocycles. The zero-order valence-electron chi connectivity index (χ0n) is 14.7. The number of fused-ring (bicyclic) bond motifs is 1. The van der Waals surface area contributed by atoms with Crippen LogP contribution in [-0.4, -0.2) is 29.8 Å². The number of nitrogens with one attached hydrogen (secondary N) is 1. The number of ether oxygens (including phenoxy) is 2. The number of hydrogen-bond donors (Lipinski definition) is 1. The third-order valence-corrected chi connectivity index (χ3v) is 3.59. The number of amides is 1. The predicted octanol–water partition coefficient (Wildman–Crippen LogP) is 2.09. The van der Waals surface area contributed by atoms with Crippen molar-refractivity contribution in [3.05, 3.63) is 28.3 Å². The van der Waals surface area contributed by atoms with Crippen molar-refractivity contribution in [2.24, 2.45) is 5.92 Å². The number of nitrogens with zero attached hydrogens (tertiary/aromatic N) is 2. The van der Waals surface area contributed by atoms with Gasteiger partial charge < -0.3 is 9.47 Å². The molecule has 1 heterocycles. The molecule has 0 spiro atoms. The highest BCUT2D eigenvalue weighted by Gasteiger charge is 2.17. The molecule has 0 bridgehead atoms. The molecule has 0 unspecified atom stereocenters. The molecule has 7 nitrogen and oxygen atoms in total. The van der Waals surface area contributed by atoms with Gasteiger partial charge >= 0.3 is 0 Å². The number of rotatable bonds is 6. The lowest BCUT2D eigenvalue weighted by Gasteiger charge is -2.16. The molecule has 24 heavy (non-hydrogen) atoms. The minimum atomic E-state index is -0.335. The second-order valence-corrected chi connectivity index (χ2v) is 5.88. The van der Waals surface area contributed by atoms with Crippen LogP contribution < -0.4 is 20.5 Å². The van der Waals surface area contributed by atoms with Crippen molar-refractivity contribution in [1.82, 2.24) is 9.66 Å². The van der Waals surface area contributed by atoms with Crippen molar-refractivity contribution in [2.75, 3.05) is 19.6 Å². The third kappa shape index (κ3) is 3.50. The van der Waals surface area contributed by atoms with Crippen molar-refractivity contribution in [3.8, 4) is 11.5 Å². The Morgan fingerprint density at radius 1 is 1.25 bits per heavy atom. The van der Waals surface area contributed by atoms with Crippen LogP contribution in [0.3, 0.4) is 0 Å². The molecule has 2 aromatic rings. The Hall–Kier alpha value is -2.57. The van der Waals surface area contributed by atoms with E-state index in [1.807, 2.05) is 13.8 Å². The number of methoxy groups -OCH3 is 2. The number of aromatic nitrogens is 2. The summed E-state index contributed by atoms with van der Waals surface area (Å²) in [6.07, 6.45) is 0.834. The van der Waals surface area contributed by atoms with Gasteiger partial charge in [-0.1, -0.05) is 20.8 Å². The molecule has 2 rings (SSSR count).